The standard InChI is InChI=1S/C45H47N5SSe/c1-26-25-47-39(40-41(26)50-42(48-40)38(27(2)51-50)45(9,10)11)28-20-30(44(6,7)8)22-32(21-28)52-31-16-17-33-34-23-29(43(3,4)5)15-18-35(34)49(36(33)24-31)37-14-12-13-19-46-37/h12-25H,1-11H3. The van der Waals surface area contributed by atoms with Gasteiger partial charge in [-0.15, -0.1) is 0 Å². The first-order valence-electron chi connectivity index (χ1n) is 18.1. The van der Waals surface area contributed by atoms with E-state index in [-0.39, 0.29) is 31.2 Å². The maximum absolute atomic E-state index is 5.37. The third-order valence-corrected chi connectivity index (χ3v) is 13.2. The van der Waals surface area contributed by atoms with Gasteiger partial charge in [-0.25, -0.2) is 0 Å². The Hall–Kier alpha value is -4.29. The second kappa shape index (κ2) is 12.1. The minimum absolute atomic E-state index is 0.00565. The van der Waals surface area contributed by atoms with Gasteiger partial charge in [-0.3, -0.25) is 0 Å². The number of aryl methyl sites for hydroxylation is 2. The normalized spacial score (nSPS) is 13.0. The predicted molar refractivity (Wildman–Crippen MR) is 223 cm³/mol. The predicted octanol–water partition coefficient (Wildman–Crippen LogP) is 10.3. The molecule has 0 aliphatic heterocycles. The van der Waals surface area contributed by atoms with Gasteiger partial charge in [0.25, 0.3) is 0 Å². The molecule has 0 spiro atoms. The molecule has 0 saturated carbocycles. The molecule has 0 aliphatic rings. The van der Waals surface area contributed by atoms with Crippen molar-refractivity contribution in [3.63, 3.8) is 0 Å². The second-order valence-electron chi connectivity index (χ2n) is 17.3. The van der Waals surface area contributed by atoms with E-state index in [1.165, 1.54) is 57.8 Å². The van der Waals surface area contributed by atoms with Crippen molar-refractivity contribution in [1.29, 1.82) is 0 Å². The number of nitrogens with zero attached hydrogens (tertiary/aromatic N) is 5. The molecule has 0 saturated heterocycles. The monoisotopic (exact) mass is 769 g/mol. The summed E-state index contributed by atoms with van der Waals surface area (Å²) in [6.45, 7) is 25.0. The fourth-order valence-electron chi connectivity index (χ4n) is 7.49. The summed E-state index contributed by atoms with van der Waals surface area (Å²) in [7, 11) is 0. The molecular weight excluding hydrogens is 722 g/mol. The third kappa shape index (κ3) is 5.87. The maximum atomic E-state index is 5.37. The third-order valence-electron chi connectivity index (χ3n) is 10.1. The molecule has 264 valence electrons. The average Bonchev–Trinajstić information content (AvgIpc) is 3.70. The van der Waals surface area contributed by atoms with Crippen LogP contribution in [0.1, 0.15) is 89.4 Å². The Bertz CT molecular complexity index is 2670. The summed E-state index contributed by atoms with van der Waals surface area (Å²) in [5.41, 5.74) is 12.8. The van der Waals surface area contributed by atoms with Crippen LogP contribution in [0.15, 0.2) is 85.2 Å². The van der Waals surface area contributed by atoms with Crippen molar-refractivity contribution in [2.45, 2.75) is 92.4 Å². The van der Waals surface area contributed by atoms with E-state index < -0.39 is 0 Å². The van der Waals surface area contributed by atoms with E-state index in [0.717, 1.165) is 33.8 Å². The molecule has 0 fully saturated rings. The molecule has 0 N–H and O–H groups in total. The Labute approximate surface area is 317 Å². The molecule has 0 radical (unpaired) electrons. The zero-order chi connectivity index (χ0) is 36.9. The summed E-state index contributed by atoms with van der Waals surface area (Å²) in [5, 5.41) is 2.52. The van der Waals surface area contributed by atoms with Crippen molar-refractivity contribution in [1.82, 2.24) is 23.3 Å². The van der Waals surface area contributed by atoms with Gasteiger partial charge in [-0.1, -0.05) is 0 Å². The van der Waals surface area contributed by atoms with Gasteiger partial charge in [-0.2, -0.15) is 0 Å². The number of hydrogen-bond acceptors (Lipinski definition) is 4. The van der Waals surface area contributed by atoms with Crippen molar-refractivity contribution in [3.05, 3.63) is 112 Å². The Morgan fingerprint density at radius 3 is 2.13 bits per heavy atom. The molecule has 7 heteroatoms. The van der Waals surface area contributed by atoms with Crippen LogP contribution in [-0.4, -0.2) is 38.3 Å². The van der Waals surface area contributed by atoms with Crippen molar-refractivity contribution in [3.8, 4) is 17.1 Å². The Morgan fingerprint density at radius 2 is 1.44 bits per heavy atom. The van der Waals surface area contributed by atoms with E-state index in [4.69, 9.17) is 15.0 Å². The number of benzene rings is 3. The summed E-state index contributed by atoms with van der Waals surface area (Å²) < 4.78 is 7.32. The van der Waals surface area contributed by atoms with E-state index in [0.29, 0.717) is 0 Å². The molecule has 52 heavy (non-hydrogen) atoms. The van der Waals surface area contributed by atoms with Gasteiger partial charge in [0.05, 0.1) is 0 Å². The van der Waals surface area contributed by atoms with Crippen LogP contribution in [0, 0.1) is 13.8 Å². The molecule has 5 aromatic heterocycles. The van der Waals surface area contributed by atoms with Gasteiger partial charge in [0.2, 0.25) is 0 Å². The zero-order valence-electron chi connectivity index (χ0n) is 32.1. The molecule has 3 aromatic carbocycles. The van der Waals surface area contributed by atoms with Crippen molar-refractivity contribution >= 4 is 73.9 Å². The van der Waals surface area contributed by atoms with E-state index in [1.807, 2.05) is 18.5 Å². The molecule has 5 heterocycles. The zero-order valence-corrected chi connectivity index (χ0v) is 34.7. The second-order valence-corrected chi connectivity index (χ2v) is 20.8. The number of aromatic nitrogens is 5. The number of hydrogen-bond donors (Lipinski definition) is 0. The van der Waals surface area contributed by atoms with Crippen LogP contribution in [0.2, 0.25) is 0 Å². The SMILES string of the molecule is Cc1sn2c(nc3c(-c4cc([Se]c5ccc6c7cc(C(C)(C)C)ccc7n(-c7ccccn7)c6c5)cc(C(C)(C)C)c4)ncc(C)c32)c1C(C)(C)C. The van der Waals surface area contributed by atoms with E-state index in [9.17, 15) is 0 Å². The Balaban J connectivity index is 1.29. The van der Waals surface area contributed by atoms with Crippen LogP contribution in [0.3, 0.4) is 0 Å². The number of pyridine rings is 2. The summed E-state index contributed by atoms with van der Waals surface area (Å²) in [4.78, 5) is 16.6. The molecule has 0 atom stereocenters. The molecule has 8 aromatic rings. The van der Waals surface area contributed by atoms with Gasteiger partial charge in [-0.05, 0) is 0 Å². The number of imidazole rings is 1. The summed E-state index contributed by atoms with van der Waals surface area (Å²) in [6, 6.07) is 27.3. The number of rotatable bonds is 4. The minimum atomic E-state index is -0.0319. The quantitative estimate of drug-likeness (QED) is 0.168. The van der Waals surface area contributed by atoms with Crippen LogP contribution in [0.25, 0.3) is 55.6 Å². The Kier molecular flexibility index (Phi) is 8.11. The summed E-state index contributed by atoms with van der Waals surface area (Å²) in [6.07, 6.45) is 3.91. The molecule has 8 rings (SSSR count). The van der Waals surface area contributed by atoms with Crippen LogP contribution in [-0.2, 0) is 16.2 Å². The molecular formula is C45H47N5SSe. The van der Waals surface area contributed by atoms with Gasteiger partial charge in [0.1, 0.15) is 0 Å². The summed E-state index contributed by atoms with van der Waals surface area (Å²) in [5.74, 6) is 0.937. The van der Waals surface area contributed by atoms with Crippen LogP contribution in [0.4, 0.5) is 0 Å². The van der Waals surface area contributed by atoms with Gasteiger partial charge in [0.15, 0.2) is 0 Å². The first-order valence-corrected chi connectivity index (χ1v) is 20.6. The van der Waals surface area contributed by atoms with Crippen molar-refractivity contribution < 1.29 is 0 Å². The molecule has 0 amide bonds. The molecule has 0 aliphatic carbocycles. The van der Waals surface area contributed by atoms with E-state index in [1.54, 1.807) is 11.5 Å². The molecule has 0 bridgehead atoms. The van der Waals surface area contributed by atoms with E-state index >= 15 is 0 Å². The topological polar surface area (TPSA) is 48.0 Å². The first-order chi connectivity index (χ1) is 24.5. The summed E-state index contributed by atoms with van der Waals surface area (Å²) >= 11 is 1.84. The number of fused-ring (bicyclic) bond motifs is 6. The molecule has 5 nitrogen and oxygen atoms in total. The Morgan fingerprint density at radius 1 is 0.673 bits per heavy atom. The van der Waals surface area contributed by atoms with E-state index in [2.05, 4.69) is 151 Å². The fourth-order valence-corrected chi connectivity index (χ4v) is 10.8. The van der Waals surface area contributed by atoms with Gasteiger partial charge >= 0.3 is 319 Å². The van der Waals surface area contributed by atoms with Crippen LogP contribution >= 0.6 is 11.5 Å². The van der Waals surface area contributed by atoms with Gasteiger partial charge < -0.3 is 0 Å². The van der Waals surface area contributed by atoms with Crippen LogP contribution < -0.4 is 8.92 Å². The first kappa shape index (κ1) is 34.8. The average molecular weight is 769 g/mol. The van der Waals surface area contributed by atoms with Gasteiger partial charge in [0, 0.05) is 0 Å². The van der Waals surface area contributed by atoms with Crippen molar-refractivity contribution in [2.24, 2.45) is 0 Å². The van der Waals surface area contributed by atoms with Crippen molar-refractivity contribution in [2.75, 3.05) is 0 Å². The van der Waals surface area contributed by atoms with Crippen LogP contribution in [0.5, 0.6) is 0 Å². The molecule has 0 unspecified atom stereocenters. The fraction of sp³-hybridized carbons (Fsp3) is 0.311.